The van der Waals surface area contributed by atoms with Crippen molar-refractivity contribution in [3.8, 4) is 0 Å². The van der Waals surface area contributed by atoms with Crippen molar-refractivity contribution in [3.05, 3.63) is 77.7 Å². The van der Waals surface area contributed by atoms with Crippen LogP contribution in [0.3, 0.4) is 0 Å². The third kappa shape index (κ3) is 3.63. The molecule has 144 valence electrons. The van der Waals surface area contributed by atoms with Gasteiger partial charge < -0.3 is 10.6 Å². The molecule has 2 N–H and O–H groups in total. The Hall–Kier alpha value is -3.15. The van der Waals surface area contributed by atoms with E-state index in [1.807, 2.05) is 35.0 Å². The summed E-state index contributed by atoms with van der Waals surface area (Å²) in [7, 11) is 0. The van der Waals surface area contributed by atoms with Crippen LogP contribution in [-0.2, 0) is 12.0 Å². The van der Waals surface area contributed by atoms with Gasteiger partial charge in [0.05, 0.1) is 17.8 Å². The molecule has 1 unspecified atom stereocenters. The van der Waals surface area contributed by atoms with Crippen LogP contribution in [0.25, 0.3) is 0 Å². The summed E-state index contributed by atoms with van der Waals surface area (Å²) < 4.78 is 1.93. The van der Waals surface area contributed by atoms with Crippen molar-refractivity contribution in [3.63, 3.8) is 0 Å². The van der Waals surface area contributed by atoms with E-state index in [1.165, 1.54) is 5.56 Å². The molecule has 1 aliphatic heterocycles. The van der Waals surface area contributed by atoms with E-state index in [0.717, 1.165) is 24.2 Å². The van der Waals surface area contributed by atoms with Crippen LogP contribution in [0, 0.1) is 0 Å². The number of nitrogens with one attached hydrogen (secondary N) is 2. The molecule has 1 aromatic carbocycles. The number of aromatic nitrogens is 3. The molecule has 2 aromatic heterocycles. The maximum atomic E-state index is 12.8. The van der Waals surface area contributed by atoms with E-state index in [2.05, 4.69) is 46.7 Å². The van der Waals surface area contributed by atoms with Crippen molar-refractivity contribution in [1.29, 1.82) is 0 Å². The van der Waals surface area contributed by atoms with Crippen molar-refractivity contribution < 1.29 is 4.79 Å². The molecule has 0 spiro atoms. The van der Waals surface area contributed by atoms with Gasteiger partial charge in [0.2, 0.25) is 0 Å². The Balaban J connectivity index is 1.51. The highest BCUT2D eigenvalue weighted by Crippen LogP contribution is 2.39. The minimum atomic E-state index is -0.184. The van der Waals surface area contributed by atoms with Crippen LogP contribution >= 0.6 is 0 Å². The van der Waals surface area contributed by atoms with Crippen LogP contribution in [-0.4, -0.2) is 27.2 Å². The van der Waals surface area contributed by atoms with E-state index in [1.54, 1.807) is 18.6 Å². The number of nitrogens with zero attached hydrogens (tertiary/aromatic N) is 3. The molecule has 0 bridgehead atoms. The fourth-order valence-corrected chi connectivity index (χ4v) is 3.77. The summed E-state index contributed by atoms with van der Waals surface area (Å²) in [5.41, 5.74) is 2.77. The zero-order chi connectivity index (χ0) is 19.6. The number of benzene rings is 1. The van der Waals surface area contributed by atoms with Gasteiger partial charge in [0.1, 0.15) is 11.4 Å². The van der Waals surface area contributed by atoms with Crippen molar-refractivity contribution in [2.75, 3.05) is 11.9 Å². The van der Waals surface area contributed by atoms with E-state index in [9.17, 15) is 4.79 Å². The lowest BCUT2D eigenvalue weighted by Gasteiger charge is -2.38. The van der Waals surface area contributed by atoms with Crippen molar-refractivity contribution >= 4 is 11.7 Å². The van der Waals surface area contributed by atoms with Crippen LogP contribution in [0.2, 0.25) is 0 Å². The van der Waals surface area contributed by atoms with Gasteiger partial charge in [-0.15, -0.1) is 0 Å². The van der Waals surface area contributed by atoms with E-state index < -0.39 is 0 Å². The first-order valence-electron chi connectivity index (χ1n) is 9.62. The first-order valence-corrected chi connectivity index (χ1v) is 9.62. The number of hydrogen-bond donors (Lipinski definition) is 2. The topological polar surface area (TPSA) is 71.8 Å². The molecule has 0 aliphatic carbocycles. The van der Waals surface area contributed by atoms with Crippen LogP contribution < -0.4 is 10.6 Å². The first kappa shape index (κ1) is 18.2. The van der Waals surface area contributed by atoms with Crippen molar-refractivity contribution in [1.82, 2.24) is 20.1 Å². The highest BCUT2D eigenvalue weighted by molar-refractivity contribution is 5.98. The fourth-order valence-electron chi connectivity index (χ4n) is 3.77. The maximum Gasteiger partial charge on any atom is 0.256 e. The quantitative estimate of drug-likeness (QED) is 0.715. The Bertz CT molecular complexity index is 950. The Kier molecular flexibility index (Phi) is 4.86. The molecule has 0 saturated carbocycles. The van der Waals surface area contributed by atoms with Gasteiger partial charge in [0.25, 0.3) is 5.91 Å². The Morgan fingerprint density at radius 2 is 1.96 bits per heavy atom. The van der Waals surface area contributed by atoms with Gasteiger partial charge in [-0.2, -0.15) is 5.10 Å². The number of fused-ring (bicyclic) bond motifs is 1. The molecular formula is C22H25N5O. The highest BCUT2D eigenvalue weighted by atomic mass is 16.1. The van der Waals surface area contributed by atoms with Gasteiger partial charge in [-0.05, 0) is 49.9 Å². The molecule has 3 heterocycles. The number of carbonyl (C=O) groups excluding carboxylic acids is 1. The van der Waals surface area contributed by atoms with E-state index in [-0.39, 0.29) is 17.5 Å². The monoisotopic (exact) mass is 375 g/mol. The molecular weight excluding hydrogens is 350 g/mol. The smallest absolute Gasteiger partial charge is 0.256 e. The Morgan fingerprint density at radius 3 is 2.71 bits per heavy atom. The molecule has 6 nitrogen and oxygen atoms in total. The van der Waals surface area contributed by atoms with Crippen LogP contribution in [0.15, 0.2) is 61.1 Å². The lowest BCUT2D eigenvalue weighted by Crippen LogP contribution is -2.38. The predicted molar refractivity (Wildman–Crippen MR) is 109 cm³/mol. The highest BCUT2D eigenvalue weighted by Gasteiger charge is 2.36. The molecule has 0 radical (unpaired) electrons. The third-order valence-corrected chi connectivity index (χ3v) is 5.25. The summed E-state index contributed by atoms with van der Waals surface area (Å²) >= 11 is 0. The average Bonchev–Trinajstić information content (AvgIpc) is 3.14. The van der Waals surface area contributed by atoms with Crippen molar-refractivity contribution in [2.24, 2.45) is 0 Å². The minimum absolute atomic E-state index is 0.104. The van der Waals surface area contributed by atoms with Gasteiger partial charge in [0, 0.05) is 18.9 Å². The number of rotatable bonds is 5. The third-order valence-electron chi connectivity index (χ3n) is 5.25. The summed E-state index contributed by atoms with van der Waals surface area (Å²) in [5, 5.41) is 11.1. The lowest BCUT2D eigenvalue weighted by molar-refractivity contribution is 0.0954. The lowest BCUT2D eigenvalue weighted by atomic mass is 9.89. The molecule has 6 heteroatoms. The molecule has 1 atom stereocenters. The first-order chi connectivity index (χ1) is 13.5. The molecule has 4 rings (SSSR count). The van der Waals surface area contributed by atoms with Gasteiger partial charge in [-0.1, -0.05) is 30.3 Å². The number of hydrogen-bond acceptors (Lipinski definition) is 4. The summed E-state index contributed by atoms with van der Waals surface area (Å²) in [6.07, 6.45) is 6.86. The fraction of sp³-hybridized carbons (Fsp3) is 0.318. The normalized spacial score (nSPS) is 17.4. The summed E-state index contributed by atoms with van der Waals surface area (Å²) in [4.78, 5) is 16.8. The zero-order valence-electron chi connectivity index (χ0n) is 16.2. The zero-order valence-corrected chi connectivity index (χ0v) is 16.2. The van der Waals surface area contributed by atoms with Crippen molar-refractivity contribution in [2.45, 2.75) is 38.3 Å². The Morgan fingerprint density at radius 1 is 1.21 bits per heavy atom. The summed E-state index contributed by atoms with van der Waals surface area (Å²) in [5.74, 6) is 0.679. The van der Waals surface area contributed by atoms with Gasteiger partial charge in [-0.25, -0.2) is 4.68 Å². The number of amides is 1. The molecule has 1 amide bonds. The van der Waals surface area contributed by atoms with E-state index in [4.69, 9.17) is 0 Å². The summed E-state index contributed by atoms with van der Waals surface area (Å²) in [6, 6.07) is 14.4. The second-order valence-electron chi connectivity index (χ2n) is 7.80. The standard InChI is InChI=1S/C22H25N5O/c1-22(2)14-19(17-6-4-3-5-7-17)26-20-18(15-25-27(20)22)21(28)24-13-10-16-8-11-23-12-9-16/h3-9,11-12,15,19,26H,10,13-14H2,1-2H3,(H,24,28). The molecule has 0 saturated heterocycles. The van der Waals surface area contributed by atoms with Gasteiger partial charge >= 0.3 is 0 Å². The molecule has 3 aromatic rings. The number of anilines is 1. The van der Waals surface area contributed by atoms with E-state index >= 15 is 0 Å². The minimum Gasteiger partial charge on any atom is -0.363 e. The second-order valence-corrected chi connectivity index (χ2v) is 7.80. The van der Waals surface area contributed by atoms with Crippen LogP contribution in [0.1, 0.15) is 47.8 Å². The molecule has 0 fully saturated rings. The molecule has 1 aliphatic rings. The van der Waals surface area contributed by atoms with Gasteiger partial charge in [0.15, 0.2) is 0 Å². The second kappa shape index (κ2) is 7.46. The maximum absolute atomic E-state index is 12.8. The van der Waals surface area contributed by atoms with E-state index in [0.29, 0.717) is 12.1 Å². The summed E-state index contributed by atoms with van der Waals surface area (Å²) in [6.45, 7) is 4.88. The number of pyridine rings is 1. The number of carbonyl (C=O) groups is 1. The predicted octanol–water partition coefficient (Wildman–Crippen LogP) is 3.54. The molecule has 28 heavy (non-hydrogen) atoms. The SMILES string of the molecule is CC1(C)CC(c2ccccc2)Nc2c(C(=O)NCCc3ccncc3)cnn21. The van der Waals surface area contributed by atoms with Crippen LogP contribution in [0.5, 0.6) is 0 Å². The van der Waals surface area contributed by atoms with Crippen LogP contribution in [0.4, 0.5) is 5.82 Å². The largest absolute Gasteiger partial charge is 0.363 e. The average molecular weight is 375 g/mol. The van der Waals surface area contributed by atoms with Gasteiger partial charge in [-0.3, -0.25) is 9.78 Å². The Labute approximate surface area is 165 Å².